The van der Waals surface area contributed by atoms with Gasteiger partial charge in [-0.25, -0.2) is 4.39 Å². The van der Waals surface area contributed by atoms with E-state index in [9.17, 15) is 9.18 Å². The van der Waals surface area contributed by atoms with Gasteiger partial charge in [0.2, 0.25) is 0 Å². The van der Waals surface area contributed by atoms with Crippen LogP contribution in [0, 0.1) is 11.2 Å². The van der Waals surface area contributed by atoms with Gasteiger partial charge in [0.05, 0.1) is 11.1 Å². The summed E-state index contributed by atoms with van der Waals surface area (Å²) in [6, 6.07) is 4.65. The average molecular weight is 302 g/mol. The Morgan fingerprint density at radius 3 is 2.76 bits per heavy atom. The topological polar surface area (TPSA) is 40.5 Å². The zero-order valence-electron chi connectivity index (χ0n) is 9.41. The summed E-state index contributed by atoms with van der Waals surface area (Å²) in [6.07, 6.45) is 1.34. The van der Waals surface area contributed by atoms with Crippen LogP contribution in [0.25, 0.3) is 0 Å². The molecule has 0 amide bonds. The molecule has 1 aromatic carbocycles. The highest BCUT2D eigenvalue weighted by Gasteiger charge is 2.51. The second kappa shape index (κ2) is 4.29. The van der Waals surface area contributed by atoms with Crippen molar-refractivity contribution in [2.24, 2.45) is 5.41 Å². The maximum absolute atomic E-state index is 13.6. The van der Waals surface area contributed by atoms with Crippen molar-refractivity contribution in [1.82, 2.24) is 0 Å². The first-order chi connectivity index (χ1) is 7.94. The van der Waals surface area contributed by atoms with E-state index in [-0.39, 0.29) is 5.82 Å². The van der Waals surface area contributed by atoms with Gasteiger partial charge in [-0.3, -0.25) is 4.79 Å². The van der Waals surface area contributed by atoms with E-state index in [4.69, 9.17) is 5.11 Å². The molecule has 92 valence electrons. The molecule has 0 unspecified atom stereocenters. The van der Waals surface area contributed by atoms with Crippen LogP contribution in [0.2, 0.25) is 0 Å². The maximum atomic E-state index is 13.6. The number of nitrogens with zero attached hydrogens (tertiary/aromatic N) is 1. The summed E-state index contributed by atoms with van der Waals surface area (Å²) in [7, 11) is 1.72. The molecule has 0 atom stereocenters. The number of carbonyl (C=O) groups is 1. The largest absolute Gasteiger partial charge is 0.481 e. The molecule has 17 heavy (non-hydrogen) atoms. The van der Waals surface area contributed by atoms with Gasteiger partial charge in [0.1, 0.15) is 5.82 Å². The molecule has 1 aliphatic rings. The lowest BCUT2D eigenvalue weighted by Gasteiger charge is -2.23. The fourth-order valence-corrected chi connectivity index (χ4v) is 2.26. The van der Waals surface area contributed by atoms with Crippen LogP contribution in [-0.4, -0.2) is 24.7 Å². The van der Waals surface area contributed by atoms with Crippen LogP contribution in [0.5, 0.6) is 0 Å². The Bertz CT molecular complexity index is 460. The van der Waals surface area contributed by atoms with Gasteiger partial charge >= 0.3 is 5.97 Å². The first kappa shape index (κ1) is 12.4. The molecule has 0 aromatic heterocycles. The molecule has 0 saturated heterocycles. The minimum absolute atomic E-state index is 0.336. The van der Waals surface area contributed by atoms with Crippen molar-refractivity contribution >= 4 is 27.6 Å². The highest BCUT2D eigenvalue weighted by Crippen LogP contribution is 2.47. The quantitative estimate of drug-likeness (QED) is 0.929. The number of anilines is 1. The summed E-state index contributed by atoms with van der Waals surface area (Å²) in [6.45, 7) is 0.343. The fraction of sp³-hybridized carbons (Fsp3) is 0.417. The number of carboxylic acids is 1. The lowest BCUT2D eigenvalue weighted by atomic mass is 10.1. The van der Waals surface area contributed by atoms with Gasteiger partial charge in [-0.15, -0.1) is 0 Å². The number of halogens is 2. The van der Waals surface area contributed by atoms with Crippen molar-refractivity contribution in [2.45, 2.75) is 12.8 Å². The van der Waals surface area contributed by atoms with Gasteiger partial charge in [0.15, 0.2) is 0 Å². The van der Waals surface area contributed by atoms with Crippen LogP contribution in [0.1, 0.15) is 12.8 Å². The minimum Gasteiger partial charge on any atom is -0.481 e. The summed E-state index contributed by atoms with van der Waals surface area (Å²) < 4.78 is 14.4. The van der Waals surface area contributed by atoms with Crippen molar-refractivity contribution in [3.05, 3.63) is 28.5 Å². The molecule has 1 saturated carbocycles. The molecule has 0 bridgehead atoms. The highest BCUT2D eigenvalue weighted by atomic mass is 79.9. The second-order valence-electron chi connectivity index (χ2n) is 4.54. The molecule has 0 spiro atoms. The Labute approximate surface area is 107 Å². The molecule has 1 fully saturated rings. The second-order valence-corrected chi connectivity index (χ2v) is 5.45. The van der Waals surface area contributed by atoms with Crippen molar-refractivity contribution in [3.63, 3.8) is 0 Å². The summed E-state index contributed by atoms with van der Waals surface area (Å²) >= 11 is 3.28. The van der Waals surface area contributed by atoms with Gasteiger partial charge < -0.3 is 10.0 Å². The van der Waals surface area contributed by atoms with Gasteiger partial charge in [-0.05, 0) is 31.0 Å². The van der Waals surface area contributed by atoms with Gasteiger partial charge in [-0.1, -0.05) is 15.9 Å². The number of aliphatic carboxylic acids is 1. The molecular formula is C12H13BrFNO2. The van der Waals surface area contributed by atoms with E-state index < -0.39 is 11.4 Å². The number of carboxylic acid groups (broad SMARTS) is 1. The fourth-order valence-electron chi connectivity index (χ4n) is 1.91. The third-order valence-electron chi connectivity index (χ3n) is 3.17. The molecule has 1 aliphatic carbocycles. The molecular weight excluding hydrogens is 289 g/mol. The van der Waals surface area contributed by atoms with Crippen LogP contribution in [0.3, 0.4) is 0 Å². The van der Waals surface area contributed by atoms with Crippen LogP contribution >= 0.6 is 15.9 Å². The molecule has 0 heterocycles. The first-order valence-corrected chi connectivity index (χ1v) is 6.13. The maximum Gasteiger partial charge on any atom is 0.311 e. The predicted molar refractivity (Wildman–Crippen MR) is 66.7 cm³/mol. The third-order valence-corrected chi connectivity index (χ3v) is 3.66. The van der Waals surface area contributed by atoms with E-state index in [1.807, 2.05) is 0 Å². The zero-order chi connectivity index (χ0) is 12.6. The number of benzene rings is 1. The van der Waals surface area contributed by atoms with E-state index in [2.05, 4.69) is 15.9 Å². The first-order valence-electron chi connectivity index (χ1n) is 5.34. The summed E-state index contributed by atoms with van der Waals surface area (Å²) in [5.74, 6) is -1.13. The lowest BCUT2D eigenvalue weighted by molar-refractivity contribution is -0.142. The van der Waals surface area contributed by atoms with Crippen LogP contribution in [0.15, 0.2) is 22.7 Å². The Hall–Kier alpha value is -1.10. The van der Waals surface area contributed by atoms with Crippen molar-refractivity contribution in [2.75, 3.05) is 18.5 Å². The van der Waals surface area contributed by atoms with Crippen LogP contribution < -0.4 is 4.90 Å². The monoisotopic (exact) mass is 301 g/mol. The number of hydrogen-bond acceptors (Lipinski definition) is 2. The normalized spacial score (nSPS) is 16.6. The minimum atomic E-state index is -0.792. The molecule has 1 aromatic rings. The zero-order valence-corrected chi connectivity index (χ0v) is 11.0. The third kappa shape index (κ3) is 2.44. The Morgan fingerprint density at radius 2 is 2.24 bits per heavy atom. The van der Waals surface area contributed by atoms with Gasteiger partial charge in [0.25, 0.3) is 0 Å². The Kier molecular flexibility index (Phi) is 3.12. The van der Waals surface area contributed by atoms with Crippen molar-refractivity contribution in [3.8, 4) is 0 Å². The van der Waals surface area contributed by atoms with Crippen molar-refractivity contribution in [1.29, 1.82) is 0 Å². The van der Waals surface area contributed by atoms with E-state index in [0.717, 1.165) is 4.47 Å². The Balaban J connectivity index is 2.17. The molecule has 3 nitrogen and oxygen atoms in total. The Morgan fingerprint density at radius 1 is 1.59 bits per heavy atom. The molecule has 2 rings (SSSR count). The number of rotatable bonds is 4. The predicted octanol–water partition coefficient (Wildman–Crippen LogP) is 2.89. The van der Waals surface area contributed by atoms with E-state index in [1.54, 1.807) is 24.1 Å². The highest BCUT2D eigenvalue weighted by molar-refractivity contribution is 9.10. The molecule has 0 radical (unpaired) electrons. The van der Waals surface area contributed by atoms with Crippen molar-refractivity contribution < 1.29 is 14.3 Å². The standard InChI is InChI=1S/C12H13BrFNO2/c1-15(7-12(4-5-12)11(16)17)10-6-8(13)2-3-9(10)14/h2-3,6H,4-5,7H2,1H3,(H,16,17). The SMILES string of the molecule is CN(CC1(C(=O)O)CC1)c1cc(Br)ccc1F. The van der Waals surface area contributed by atoms with Crippen LogP contribution in [-0.2, 0) is 4.79 Å². The summed E-state index contributed by atoms with van der Waals surface area (Å²) in [5, 5.41) is 9.09. The summed E-state index contributed by atoms with van der Waals surface area (Å²) in [5.41, 5.74) is -0.254. The summed E-state index contributed by atoms with van der Waals surface area (Å²) in [4.78, 5) is 12.7. The van der Waals surface area contributed by atoms with Gasteiger partial charge in [-0.2, -0.15) is 0 Å². The van der Waals surface area contributed by atoms with E-state index >= 15 is 0 Å². The van der Waals surface area contributed by atoms with E-state index in [1.165, 1.54) is 6.07 Å². The van der Waals surface area contributed by atoms with E-state index in [0.29, 0.717) is 25.1 Å². The smallest absolute Gasteiger partial charge is 0.311 e. The van der Waals surface area contributed by atoms with Crippen LogP contribution in [0.4, 0.5) is 10.1 Å². The molecule has 0 aliphatic heterocycles. The molecule has 5 heteroatoms. The average Bonchev–Trinajstić information content (AvgIpc) is 3.02. The number of hydrogen-bond donors (Lipinski definition) is 1. The lowest BCUT2D eigenvalue weighted by Crippen LogP contribution is -2.32. The molecule has 1 N–H and O–H groups in total. The van der Waals surface area contributed by atoms with Gasteiger partial charge in [0, 0.05) is 18.1 Å².